The molecule has 0 spiro atoms. The normalized spacial score (nSPS) is 31.9. The summed E-state index contributed by atoms with van der Waals surface area (Å²) >= 11 is 0. The third kappa shape index (κ3) is 3.35. The molecule has 3 unspecified atom stereocenters. The van der Waals surface area contributed by atoms with Crippen LogP contribution in [0.1, 0.15) is 11.1 Å². The van der Waals surface area contributed by atoms with E-state index in [0.29, 0.717) is 17.5 Å². The van der Waals surface area contributed by atoms with Crippen LogP contribution in [0.15, 0.2) is 23.8 Å². The van der Waals surface area contributed by atoms with Gasteiger partial charge < -0.3 is 30.5 Å². The molecular formula is C17H19NO7. The first kappa shape index (κ1) is 17.7. The minimum Gasteiger partial charge on any atom is -0.394 e. The number of aliphatic hydroxyl groups excluding tert-OH is 4. The Morgan fingerprint density at radius 1 is 1.24 bits per heavy atom. The molecular weight excluding hydrogens is 330 g/mol. The topological polar surface area (TPSA) is 136 Å². The maximum Gasteiger partial charge on any atom is 0.178 e. The quantitative estimate of drug-likeness (QED) is 0.331. The van der Waals surface area contributed by atoms with Crippen LogP contribution in [0.5, 0.6) is 0 Å². The van der Waals surface area contributed by atoms with Crippen LogP contribution in [0.4, 0.5) is 5.69 Å². The lowest BCUT2D eigenvalue weighted by molar-refractivity contribution is -0.245. The summed E-state index contributed by atoms with van der Waals surface area (Å²) in [5, 5.41) is 42.0. The number of ketones is 1. The third-order valence-electron chi connectivity index (χ3n) is 4.49. The van der Waals surface area contributed by atoms with Gasteiger partial charge in [0.1, 0.15) is 24.4 Å². The molecule has 1 fully saturated rings. The second-order valence-corrected chi connectivity index (χ2v) is 6.13. The fraction of sp³-hybridized carbons (Fsp3) is 0.412. The molecule has 5 atom stereocenters. The highest BCUT2D eigenvalue weighted by Gasteiger charge is 2.43. The molecule has 0 bridgehead atoms. The Kier molecular flexibility index (Phi) is 4.98. The zero-order chi connectivity index (χ0) is 18.1. The number of hydrogen-bond acceptors (Lipinski definition) is 8. The molecule has 1 aromatic rings. The van der Waals surface area contributed by atoms with E-state index in [0.717, 1.165) is 5.56 Å². The minimum absolute atomic E-state index is 0.0803. The summed E-state index contributed by atoms with van der Waals surface area (Å²) in [6, 6.07) is 4.03. The summed E-state index contributed by atoms with van der Waals surface area (Å²) in [5.41, 5.74) is 2.08. The van der Waals surface area contributed by atoms with Crippen molar-refractivity contribution in [3.63, 3.8) is 0 Å². The number of aldehydes is 1. The summed E-state index contributed by atoms with van der Waals surface area (Å²) in [6.45, 7) is -0.533. The maximum absolute atomic E-state index is 11.8. The van der Waals surface area contributed by atoms with Crippen LogP contribution in [-0.4, -0.2) is 69.7 Å². The summed E-state index contributed by atoms with van der Waals surface area (Å²) in [6.07, 6.45) is -3.10. The number of nitrogens with one attached hydrogen (secondary N) is 1. The van der Waals surface area contributed by atoms with Crippen LogP contribution >= 0.6 is 0 Å². The summed E-state index contributed by atoms with van der Waals surface area (Å²) in [5.74, 6) is -0.276. The standard InChI is InChI=1S/C17H19NO7/c19-6-10-3-8-1-2-11(4-9(8)5-12(10)21)18-14-16(23)15(22)13(7-20)25-17(14)24/h1-4,6,13-18,20,22-24H,5,7H2/t13?,14?,15-,16-,17?/m1/s1. The third-order valence-corrected chi connectivity index (χ3v) is 4.49. The first-order valence-electron chi connectivity index (χ1n) is 7.84. The van der Waals surface area contributed by atoms with E-state index >= 15 is 0 Å². The number of fused-ring (bicyclic) bond motifs is 1. The van der Waals surface area contributed by atoms with Crippen LogP contribution in [-0.2, 0) is 20.7 Å². The number of hydrogen-bond donors (Lipinski definition) is 5. The van der Waals surface area contributed by atoms with Gasteiger partial charge in [-0.1, -0.05) is 6.07 Å². The van der Waals surface area contributed by atoms with Crippen molar-refractivity contribution in [2.45, 2.75) is 37.1 Å². The molecule has 3 rings (SSSR count). The van der Waals surface area contributed by atoms with Crippen molar-refractivity contribution < 1.29 is 34.8 Å². The number of anilines is 1. The van der Waals surface area contributed by atoms with Gasteiger partial charge in [0.2, 0.25) is 0 Å². The number of ether oxygens (including phenoxy) is 1. The lowest BCUT2D eigenvalue weighted by Gasteiger charge is -2.40. The van der Waals surface area contributed by atoms with Gasteiger partial charge in [-0.3, -0.25) is 9.59 Å². The molecule has 1 aromatic carbocycles. The molecule has 134 valence electrons. The van der Waals surface area contributed by atoms with E-state index in [1.807, 2.05) is 0 Å². The van der Waals surface area contributed by atoms with E-state index in [-0.39, 0.29) is 17.8 Å². The van der Waals surface area contributed by atoms with E-state index in [4.69, 9.17) is 9.84 Å². The van der Waals surface area contributed by atoms with Gasteiger partial charge >= 0.3 is 0 Å². The first-order valence-corrected chi connectivity index (χ1v) is 7.84. The van der Waals surface area contributed by atoms with Crippen molar-refractivity contribution in [3.05, 3.63) is 34.9 Å². The summed E-state index contributed by atoms with van der Waals surface area (Å²) in [7, 11) is 0. The van der Waals surface area contributed by atoms with Crippen molar-refractivity contribution in [1.82, 2.24) is 0 Å². The number of Topliss-reactive ketones (excluding diaryl/α,β-unsaturated/α-hetero) is 1. The number of rotatable bonds is 4. The Balaban J connectivity index is 1.80. The predicted octanol–water partition coefficient (Wildman–Crippen LogP) is -1.39. The fourth-order valence-corrected chi connectivity index (χ4v) is 3.06. The molecule has 0 amide bonds. The molecule has 1 saturated heterocycles. The Morgan fingerprint density at radius 3 is 2.68 bits per heavy atom. The van der Waals surface area contributed by atoms with Crippen molar-refractivity contribution in [2.24, 2.45) is 0 Å². The number of aliphatic hydroxyl groups is 4. The van der Waals surface area contributed by atoms with E-state index in [9.17, 15) is 24.9 Å². The summed E-state index contributed by atoms with van der Waals surface area (Å²) in [4.78, 5) is 22.7. The maximum atomic E-state index is 11.8. The Labute approximate surface area is 143 Å². The van der Waals surface area contributed by atoms with Gasteiger partial charge in [-0.05, 0) is 29.3 Å². The highest BCUT2D eigenvalue weighted by atomic mass is 16.6. The molecule has 0 saturated carbocycles. The molecule has 1 heterocycles. The smallest absolute Gasteiger partial charge is 0.178 e. The lowest BCUT2D eigenvalue weighted by atomic mass is 9.91. The van der Waals surface area contributed by atoms with Crippen LogP contribution in [0, 0.1) is 0 Å². The molecule has 0 radical (unpaired) electrons. The van der Waals surface area contributed by atoms with Gasteiger partial charge in [0, 0.05) is 12.1 Å². The average Bonchev–Trinajstić information content (AvgIpc) is 2.61. The van der Waals surface area contributed by atoms with E-state index in [1.54, 1.807) is 18.2 Å². The van der Waals surface area contributed by atoms with Gasteiger partial charge in [-0.2, -0.15) is 0 Å². The van der Waals surface area contributed by atoms with Gasteiger partial charge in [0.05, 0.1) is 12.2 Å². The predicted molar refractivity (Wildman–Crippen MR) is 86.6 cm³/mol. The van der Waals surface area contributed by atoms with Crippen LogP contribution in [0.2, 0.25) is 0 Å². The van der Waals surface area contributed by atoms with Crippen molar-refractivity contribution in [2.75, 3.05) is 11.9 Å². The molecule has 1 aliphatic heterocycles. The Morgan fingerprint density at radius 2 is 2.00 bits per heavy atom. The van der Waals surface area contributed by atoms with E-state index in [1.165, 1.54) is 6.08 Å². The molecule has 1 aliphatic carbocycles. The van der Waals surface area contributed by atoms with Gasteiger partial charge in [0.25, 0.3) is 0 Å². The Hall–Kier alpha value is -2.10. The summed E-state index contributed by atoms with van der Waals surface area (Å²) < 4.78 is 5.09. The van der Waals surface area contributed by atoms with Crippen molar-refractivity contribution >= 4 is 23.8 Å². The minimum atomic E-state index is -1.44. The number of carbonyl (C=O) groups is 2. The zero-order valence-corrected chi connectivity index (χ0v) is 13.2. The van der Waals surface area contributed by atoms with Gasteiger partial charge in [-0.15, -0.1) is 0 Å². The Bertz CT molecular complexity index is 717. The first-order chi connectivity index (χ1) is 11.9. The number of benzene rings is 1. The number of allylic oxidation sites excluding steroid dienone is 1. The molecule has 8 heteroatoms. The molecule has 5 N–H and O–H groups in total. The average molecular weight is 349 g/mol. The second kappa shape index (κ2) is 7.03. The zero-order valence-electron chi connectivity index (χ0n) is 13.2. The van der Waals surface area contributed by atoms with Crippen molar-refractivity contribution in [1.29, 1.82) is 0 Å². The van der Waals surface area contributed by atoms with Gasteiger partial charge in [-0.25, -0.2) is 0 Å². The molecule has 0 aromatic heterocycles. The molecule has 25 heavy (non-hydrogen) atoms. The second-order valence-electron chi connectivity index (χ2n) is 6.13. The molecule has 2 aliphatic rings. The van der Waals surface area contributed by atoms with Crippen LogP contribution in [0.3, 0.4) is 0 Å². The van der Waals surface area contributed by atoms with Crippen LogP contribution in [0.25, 0.3) is 6.08 Å². The van der Waals surface area contributed by atoms with E-state index < -0.39 is 37.3 Å². The lowest BCUT2D eigenvalue weighted by Crippen LogP contribution is -2.61. The molecule has 8 nitrogen and oxygen atoms in total. The SMILES string of the molecule is O=CC1=Cc2ccc(NC3C(O)OC(CO)[C@@H](O)[C@@H]3O)cc2CC1=O. The monoisotopic (exact) mass is 349 g/mol. The van der Waals surface area contributed by atoms with Gasteiger partial charge in [0.15, 0.2) is 18.4 Å². The highest BCUT2D eigenvalue weighted by Crippen LogP contribution is 2.27. The van der Waals surface area contributed by atoms with Crippen molar-refractivity contribution in [3.8, 4) is 0 Å². The fourth-order valence-electron chi connectivity index (χ4n) is 3.06. The largest absolute Gasteiger partial charge is 0.394 e. The number of carbonyl (C=O) groups excluding carboxylic acids is 2. The van der Waals surface area contributed by atoms with Crippen LogP contribution < -0.4 is 5.32 Å². The van der Waals surface area contributed by atoms with E-state index in [2.05, 4.69) is 5.32 Å². The highest BCUT2D eigenvalue weighted by molar-refractivity contribution is 6.17.